The molecule has 2 amide bonds. The fourth-order valence-electron chi connectivity index (χ4n) is 3.24. The van der Waals surface area contributed by atoms with Gasteiger partial charge in [-0.25, -0.2) is 12.7 Å². The number of benzene rings is 1. The van der Waals surface area contributed by atoms with E-state index in [2.05, 4.69) is 10.5 Å². The van der Waals surface area contributed by atoms with Crippen LogP contribution in [0.1, 0.15) is 16.1 Å². The summed E-state index contributed by atoms with van der Waals surface area (Å²) in [5.74, 6) is -0.145. The van der Waals surface area contributed by atoms with Gasteiger partial charge in [0.05, 0.1) is 30.2 Å². The molecule has 0 aliphatic carbocycles. The minimum absolute atomic E-state index is 0.00113. The Labute approximate surface area is 186 Å². The van der Waals surface area contributed by atoms with Gasteiger partial charge in [0, 0.05) is 46.0 Å². The summed E-state index contributed by atoms with van der Waals surface area (Å²) in [7, 11) is 0.583. The lowest BCUT2D eigenvalue weighted by Gasteiger charge is -2.31. The number of aryl methyl sites for hydroxylation is 1. The zero-order chi connectivity index (χ0) is 23.5. The van der Waals surface area contributed by atoms with E-state index in [9.17, 15) is 18.0 Å². The Hall–Kier alpha value is -2.96. The number of anilines is 2. The number of likely N-dealkylation sites (N-methyl/N-ethyl adjacent to an activating group) is 1. The molecule has 11 nitrogen and oxygen atoms in total. The Morgan fingerprint density at radius 1 is 1.16 bits per heavy atom. The first kappa shape index (κ1) is 23.7. The third-order valence-electron chi connectivity index (χ3n) is 4.95. The number of nitrogens with zero attached hydrogens (tertiary/aromatic N) is 4. The van der Waals surface area contributed by atoms with Gasteiger partial charge in [-0.05, 0) is 25.1 Å². The van der Waals surface area contributed by atoms with Gasteiger partial charge in [-0.1, -0.05) is 5.16 Å². The Balaban J connectivity index is 1.87. The number of carbonyl (C=O) groups is 2. The molecule has 0 saturated carbocycles. The van der Waals surface area contributed by atoms with Crippen molar-refractivity contribution in [2.24, 2.45) is 0 Å². The largest absolute Gasteiger partial charge is 0.378 e. The van der Waals surface area contributed by atoms with E-state index < -0.39 is 21.8 Å². The van der Waals surface area contributed by atoms with Gasteiger partial charge in [0.1, 0.15) is 5.76 Å². The molecule has 2 heterocycles. The van der Waals surface area contributed by atoms with Crippen molar-refractivity contribution < 1.29 is 27.3 Å². The predicted molar refractivity (Wildman–Crippen MR) is 117 cm³/mol. The van der Waals surface area contributed by atoms with Gasteiger partial charge in [0.15, 0.2) is 5.82 Å². The zero-order valence-corrected chi connectivity index (χ0v) is 19.3. The van der Waals surface area contributed by atoms with Crippen molar-refractivity contribution in [2.75, 3.05) is 64.2 Å². The lowest BCUT2D eigenvalue weighted by atomic mass is 10.1. The lowest BCUT2D eigenvalue weighted by molar-refractivity contribution is -0.116. The van der Waals surface area contributed by atoms with Crippen LogP contribution in [0.15, 0.2) is 33.7 Å². The van der Waals surface area contributed by atoms with E-state index in [4.69, 9.17) is 9.26 Å². The van der Waals surface area contributed by atoms with Crippen LogP contribution < -0.4 is 10.2 Å². The highest BCUT2D eigenvalue weighted by molar-refractivity contribution is 7.89. The normalized spacial score (nSPS) is 14.5. The van der Waals surface area contributed by atoms with Crippen LogP contribution in [0.4, 0.5) is 11.5 Å². The molecule has 2 aromatic rings. The smallest absolute Gasteiger partial charge is 0.256 e. The van der Waals surface area contributed by atoms with Crippen molar-refractivity contribution in [3.8, 4) is 0 Å². The first-order valence-electron chi connectivity index (χ1n) is 9.97. The zero-order valence-electron chi connectivity index (χ0n) is 18.5. The summed E-state index contributed by atoms with van der Waals surface area (Å²) in [5.41, 5.74) is 0.790. The van der Waals surface area contributed by atoms with Crippen molar-refractivity contribution in [1.29, 1.82) is 0 Å². The van der Waals surface area contributed by atoms with E-state index >= 15 is 0 Å². The number of amides is 2. The third kappa shape index (κ3) is 5.26. The second-order valence-corrected chi connectivity index (χ2v) is 9.75. The average molecular weight is 466 g/mol. The van der Waals surface area contributed by atoms with Crippen molar-refractivity contribution in [3.05, 3.63) is 35.6 Å². The highest BCUT2D eigenvalue weighted by Crippen LogP contribution is 2.27. The van der Waals surface area contributed by atoms with Gasteiger partial charge < -0.3 is 24.4 Å². The fraction of sp³-hybridized carbons (Fsp3) is 0.450. The average Bonchev–Trinajstić information content (AvgIpc) is 3.17. The van der Waals surface area contributed by atoms with Gasteiger partial charge in [-0.2, -0.15) is 0 Å². The molecular weight excluding hydrogens is 438 g/mol. The fourth-order valence-corrected chi connectivity index (χ4v) is 4.17. The minimum atomic E-state index is -3.75. The topological polar surface area (TPSA) is 125 Å². The second kappa shape index (κ2) is 9.67. The first-order valence-corrected chi connectivity index (χ1v) is 11.4. The van der Waals surface area contributed by atoms with Gasteiger partial charge in [-0.3, -0.25) is 9.59 Å². The van der Waals surface area contributed by atoms with E-state index in [1.54, 1.807) is 19.1 Å². The Kier molecular flexibility index (Phi) is 7.16. The van der Waals surface area contributed by atoms with Crippen LogP contribution >= 0.6 is 0 Å². The van der Waals surface area contributed by atoms with Crippen molar-refractivity contribution in [2.45, 2.75) is 11.8 Å². The van der Waals surface area contributed by atoms with Crippen LogP contribution in [-0.4, -0.2) is 88.6 Å². The maximum Gasteiger partial charge on any atom is 0.256 e. The number of sulfonamides is 1. The molecule has 1 aromatic carbocycles. The van der Waals surface area contributed by atoms with Gasteiger partial charge in [-0.15, -0.1) is 0 Å². The summed E-state index contributed by atoms with van der Waals surface area (Å²) in [6, 6.07) is 6.03. The van der Waals surface area contributed by atoms with E-state index in [0.29, 0.717) is 37.8 Å². The van der Waals surface area contributed by atoms with Crippen LogP contribution in [-0.2, 0) is 19.6 Å². The minimum Gasteiger partial charge on any atom is -0.378 e. The summed E-state index contributed by atoms with van der Waals surface area (Å²) in [6.07, 6.45) is 0. The molecule has 0 spiro atoms. The summed E-state index contributed by atoms with van der Waals surface area (Å²) < 4.78 is 36.7. The number of rotatable bonds is 7. The summed E-state index contributed by atoms with van der Waals surface area (Å²) in [5, 5.41) is 6.26. The molecular formula is C20H27N5O6S. The van der Waals surface area contributed by atoms with E-state index in [-0.39, 0.29) is 22.8 Å². The molecule has 12 heteroatoms. The maximum atomic E-state index is 13.3. The first-order chi connectivity index (χ1) is 15.1. The Bertz CT molecular complexity index is 1090. The van der Waals surface area contributed by atoms with Gasteiger partial charge in [0.25, 0.3) is 5.91 Å². The van der Waals surface area contributed by atoms with Crippen LogP contribution in [0.25, 0.3) is 0 Å². The maximum absolute atomic E-state index is 13.3. The molecule has 1 saturated heterocycles. The highest BCUT2D eigenvalue weighted by atomic mass is 32.2. The summed E-state index contributed by atoms with van der Waals surface area (Å²) in [6.45, 7) is 3.57. The predicted octanol–water partition coefficient (Wildman–Crippen LogP) is 0.781. The van der Waals surface area contributed by atoms with Crippen molar-refractivity contribution in [3.63, 3.8) is 0 Å². The molecule has 0 bridgehead atoms. The molecule has 0 radical (unpaired) electrons. The highest BCUT2D eigenvalue weighted by Gasteiger charge is 2.26. The van der Waals surface area contributed by atoms with Crippen molar-refractivity contribution in [1.82, 2.24) is 14.4 Å². The standard InChI is InChI=1S/C20H27N5O6S/c1-14-11-18(22-31-14)21-19(26)13-24(4)20(27)16-12-15(32(28,29)23(2)3)5-6-17(16)25-7-9-30-10-8-25/h5-6,11-12H,7-10,13H2,1-4H3,(H,21,22,26). The molecule has 32 heavy (non-hydrogen) atoms. The number of hydrogen-bond donors (Lipinski definition) is 1. The molecule has 1 fully saturated rings. The summed E-state index contributed by atoms with van der Waals surface area (Å²) in [4.78, 5) is 28.8. The molecule has 1 aliphatic rings. The number of morpholine rings is 1. The molecule has 3 rings (SSSR count). The number of ether oxygens (including phenoxy) is 1. The number of nitrogens with one attached hydrogen (secondary N) is 1. The number of carbonyl (C=O) groups excluding carboxylic acids is 2. The van der Waals surface area contributed by atoms with Crippen LogP contribution in [0.2, 0.25) is 0 Å². The van der Waals surface area contributed by atoms with Crippen LogP contribution in [0.3, 0.4) is 0 Å². The molecule has 1 aromatic heterocycles. The SMILES string of the molecule is Cc1cc(NC(=O)CN(C)C(=O)c2cc(S(=O)(=O)N(C)C)ccc2N2CCOCC2)no1. The third-order valence-corrected chi connectivity index (χ3v) is 6.76. The number of aromatic nitrogens is 1. The second-order valence-electron chi connectivity index (χ2n) is 7.60. The van der Waals surface area contributed by atoms with Crippen molar-refractivity contribution >= 4 is 33.3 Å². The Morgan fingerprint density at radius 2 is 1.84 bits per heavy atom. The quantitative estimate of drug-likeness (QED) is 0.636. The van der Waals surface area contributed by atoms with Gasteiger partial charge in [0.2, 0.25) is 15.9 Å². The van der Waals surface area contributed by atoms with E-state index in [1.165, 1.54) is 38.2 Å². The molecule has 174 valence electrons. The molecule has 1 N–H and O–H groups in total. The van der Waals surface area contributed by atoms with E-state index in [1.807, 2.05) is 4.90 Å². The monoisotopic (exact) mass is 465 g/mol. The van der Waals surface area contributed by atoms with Crippen LogP contribution in [0, 0.1) is 6.92 Å². The van der Waals surface area contributed by atoms with Gasteiger partial charge >= 0.3 is 0 Å². The molecule has 0 unspecified atom stereocenters. The van der Waals surface area contributed by atoms with Crippen LogP contribution in [0.5, 0.6) is 0 Å². The lowest BCUT2D eigenvalue weighted by Crippen LogP contribution is -2.39. The Morgan fingerprint density at radius 3 is 2.44 bits per heavy atom. The molecule has 0 atom stereocenters. The van der Waals surface area contributed by atoms with E-state index in [0.717, 1.165) is 4.31 Å². The molecule has 1 aliphatic heterocycles. The number of hydrogen-bond acceptors (Lipinski definition) is 8. The summed E-state index contributed by atoms with van der Waals surface area (Å²) >= 11 is 0.